The zero-order valence-electron chi connectivity index (χ0n) is 13.3. The molecule has 1 atom stereocenters. The van der Waals surface area contributed by atoms with Crippen LogP contribution in [0.3, 0.4) is 0 Å². The van der Waals surface area contributed by atoms with E-state index in [2.05, 4.69) is 33.0 Å². The standard InChI is InChI=1S/C17H27NO2/c1-6-15(13-9-8-10-14(11-13)20-5)18-16(19)12-17(3,4)7-2/h8-11,15H,6-7,12H2,1-5H3,(H,18,19). The van der Waals surface area contributed by atoms with Crippen molar-refractivity contribution >= 4 is 5.91 Å². The first kappa shape index (κ1) is 16.5. The van der Waals surface area contributed by atoms with Crippen molar-refractivity contribution in [1.82, 2.24) is 5.32 Å². The van der Waals surface area contributed by atoms with Crippen LogP contribution in [0.1, 0.15) is 58.6 Å². The zero-order chi connectivity index (χ0) is 15.2. The van der Waals surface area contributed by atoms with Crippen molar-refractivity contribution in [2.45, 2.75) is 53.0 Å². The predicted molar refractivity (Wildman–Crippen MR) is 82.9 cm³/mol. The summed E-state index contributed by atoms with van der Waals surface area (Å²) < 4.78 is 5.24. The van der Waals surface area contributed by atoms with E-state index in [1.165, 1.54) is 0 Å². The highest BCUT2D eigenvalue weighted by Crippen LogP contribution is 2.26. The van der Waals surface area contributed by atoms with E-state index in [4.69, 9.17) is 4.74 Å². The second kappa shape index (κ2) is 7.32. The van der Waals surface area contributed by atoms with Gasteiger partial charge in [0.25, 0.3) is 0 Å². The van der Waals surface area contributed by atoms with Gasteiger partial charge in [-0.3, -0.25) is 4.79 Å². The summed E-state index contributed by atoms with van der Waals surface area (Å²) in [7, 11) is 1.66. The minimum absolute atomic E-state index is 0.0465. The first-order valence-electron chi connectivity index (χ1n) is 7.35. The van der Waals surface area contributed by atoms with E-state index in [1.54, 1.807) is 7.11 Å². The van der Waals surface area contributed by atoms with Crippen LogP contribution < -0.4 is 10.1 Å². The first-order chi connectivity index (χ1) is 9.41. The van der Waals surface area contributed by atoms with Gasteiger partial charge in [-0.05, 0) is 29.5 Å². The highest BCUT2D eigenvalue weighted by atomic mass is 16.5. The fourth-order valence-corrected chi connectivity index (χ4v) is 2.08. The van der Waals surface area contributed by atoms with Gasteiger partial charge in [0.1, 0.15) is 5.75 Å². The van der Waals surface area contributed by atoms with Gasteiger partial charge in [0.15, 0.2) is 0 Å². The smallest absolute Gasteiger partial charge is 0.221 e. The Bertz CT molecular complexity index is 440. The van der Waals surface area contributed by atoms with Crippen LogP contribution in [-0.2, 0) is 4.79 Å². The maximum Gasteiger partial charge on any atom is 0.221 e. The highest BCUT2D eigenvalue weighted by molar-refractivity contribution is 5.77. The quantitative estimate of drug-likeness (QED) is 0.815. The van der Waals surface area contributed by atoms with Gasteiger partial charge in [-0.2, -0.15) is 0 Å². The summed E-state index contributed by atoms with van der Waals surface area (Å²) >= 11 is 0. The first-order valence-corrected chi connectivity index (χ1v) is 7.35. The van der Waals surface area contributed by atoms with Gasteiger partial charge < -0.3 is 10.1 Å². The lowest BCUT2D eigenvalue weighted by Gasteiger charge is -2.24. The summed E-state index contributed by atoms with van der Waals surface area (Å²) in [5, 5.41) is 3.13. The van der Waals surface area contributed by atoms with E-state index in [0.29, 0.717) is 6.42 Å². The summed E-state index contributed by atoms with van der Waals surface area (Å²) in [5.74, 6) is 0.940. The van der Waals surface area contributed by atoms with Crippen LogP contribution in [0.15, 0.2) is 24.3 Å². The molecular formula is C17H27NO2. The average molecular weight is 277 g/mol. The second-order valence-corrected chi connectivity index (χ2v) is 6.00. The molecule has 1 amide bonds. The molecule has 20 heavy (non-hydrogen) atoms. The van der Waals surface area contributed by atoms with Gasteiger partial charge in [0, 0.05) is 6.42 Å². The molecule has 0 aromatic heterocycles. The minimum atomic E-state index is 0.0465. The molecule has 3 nitrogen and oxygen atoms in total. The third-order valence-electron chi connectivity index (χ3n) is 3.84. The number of rotatable bonds is 7. The van der Waals surface area contributed by atoms with Crippen molar-refractivity contribution in [1.29, 1.82) is 0 Å². The summed E-state index contributed by atoms with van der Waals surface area (Å²) in [6.45, 7) is 8.44. The molecule has 112 valence electrons. The highest BCUT2D eigenvalue weighted by Gasteiger charge is 2.21. The van der Waals surface area contributed by atoms with Crippen molar-refractivity contribution in [2.24, 2.45) is 5.41 Å². The Morgan fingerprint density at radius 1 is 1.35 bits per heavy atom. The predicted octanol–water partition coefficient (Wildman–Crippen LogP) is 4.09. The third-order valence-corrected chi connectivity index (χ3v) is 3.84. The molecule has 1 aromatic rings. The van der Waals surface area contributed by atoms with Crippen LogP contribution in [0.25, 0.3) is 0 Å². The van der Waals surface area contributed by atoms with Gasteiger partial charge in [-0.15, -0.1) is 0 Å². The van der Waals surface area contributed by atoms with E-state index in [1.807, 2.05) is 24.3 Å². The Balaban J connectivity index is 2.74. The number of carbonyl (C=O) groups excluding carboxylic acids is 1. The van der Waals surface area contributed by atoms with E-state index >= 15 is 0 Å². The fraction of sp³-hybridized carbons (Fsp3) is 0.588. The van der Waals surface area contributed by atoms with Crippen molar-refractivity contribution in [3.05, 3.63) is 29.8 Å². The molecule has 1 aromatic carbocycles. The lowest BCUT2D eigenvalue weighted by Crippen LogP contribution is -2.31. The Morgan fingerprint density at radius 3 is 2.60 bits per heavy atom. The molecule has 0 radical (unpaired) electrons. The molecule has 0 saturated heterocycles. The van der Waals surface area contributed by atoms with Gasteiger partial charge in [0.05, 0.1) is 13.2 Å². The Labute approximate surface area is 122 Å². The topological polar surface area (TPSA) is 38.3 Å². The number of hydrogen-bond donors (Lipinski definition) is 1. The molecular weight excluding hydrogens is 250 g/mol. The van der Waals surface area contributed by atoms with Crippen molar-refractivity contribution in [2.75, 3.05) is 7.11 Å². The van der Waals surface area contributed by atoms with E-state index in [-0.39, 0.29) is 17.4 Å². The van der Waals surface area contributed by atoms with Crippen LogP contribution in [0.4, 0.5) is 0 Å². The number of amides is 1. The minimum Gasteiger partial charge on any atom is -0.497 e. The van der Waals surface area contributed by atoms with Crippen molar-refractivity contribution in [3.8, 4) is 5.75 Å². The molecule has 0 heterocycles. The van der Waals surface area contributed by atoms with Gasteiger partial charge in [0.2, 0.25) is 5.91 Å². The van der Waals surface area contributed by atoms with Crippen LogP contribution in [-0.4, -0.2) is 13.0 Å². The molecule has 0 bridgehead atoms. The third kappa shape index (κ3) is 4.87. The summed E-state index contributed by atoms with van der Waals surface area (Å²) in [5.41, 5.74) is 1.14. The Morgan fingerprint density at radius 2 is 2.05 bits per heavy atom. The SMILES string of the molecule is CCC(NC(=O)CC(C)(C)CC)c1cccc(OC)c1. The van der Waals surface area contributed by atoms with Gasteiger partial charge in [-0.1, -0.05) is 46.2 Å². The van der Waals surface area contributed by atoms with Gasteiger partial charge in [-0.25, -0.2) is 0 Å². The lowest BCUT2D eigenvalue weighted by atomic mass is 9.86. The molecule has 0 spiro atoms. The molecule has 0 fully saturated rings. The zero-order valence-corrected chi connectivity index (χ0v) is 13.3. The molecule has 3 heteroatoms. The summed E-state index contributed by atoms with van der Waals surface area (Å²) in [6.07, 6.45) is 2.42. The van der Waals surface area contributed by atoms with Crippen LogP contribution in [0.2, 0.25) is 0 Å². The lowest BCUT2D eigenvalue weighted by molar-refractivity contribution is -0.123. The van der Waals surface area contributed by atoms with Gasteiger partial charge >= 0.3 is 0 Å². The van der Waals surface area contributed by atoms with Crippen LogP contribution in [0, 0.1) is 5.41 Å². The molecule has 0 aliphatic rings. The maximum absolute atomic E-state index is 12.2. The van der Waals surface area contributed by atoms with Crippen LogP contribution >= 0.6 is 0 Å². The van der Waals surface area contributed by atoms with E-state index < -0.39 is 0 Å². The molecule has 1 unspecified atom stereocenters. The Kier molecular flexibility index (Phi) is 6.05. The number of benzene rings is 1. The Hall–Kier alpha value is -1.51. The summed E-state index contributed by atoms with van der Waals surface area (Å²) in [6, 6.07) is 7.93. The number of hydrogen-bond acceptors (Lipinski definition) is 2. The van der Waals surface area contributed by atoms with E-state index in [9.17, 15) is 4.79 Å². The second-order valence-electron chi connectivity index (χ2n) is 6.00. The number of nitrogens with one attached hydrogen (secondary N) is 1. The maximum atomic E-state index is 12.2. The molecule has 1 rings (SSSR count). The average Bonchev–Trinajstić information content (AvgIpc) is 2.44. The molecule has 0 aliphatic heterocycles. The molecule has 0 saturated carbocycles. The number of ether oxygens (including phenoxy) is 1. The van der Waals surface area contributed by atoms with E-state index in [0.717, 1.165) is 24.2 Å². The van der Waals surface area contributed by atoms with Crippen LogP contribution in [0.5, 0.6) is 5.75 Å². The fourth-order valence-electron chi connectivity index (χ4n) is 2.08. The van der Waals surface area contributed by atoms with Crippen molar-refractivity contribution < 1.29 is 9.53 Å². The normalized spacial score (nSPS) is 12.8. The number of methoxy groups -OCH3 is 1. The van der Waals surface area contributed by atoms with Crippen molar-refractivity contribution in [3.63, 3.8) is 0 Å². The monoisotopic (exact) mass is 277 g/mol. The molecule has 1 N–H and O–H groups in total. The largest absolute Gasteiger partial charge is 0.497 e. The summed E-state index contributed by atoms with van der Waals surface area (Å²) in [4.78, 5) is 12.2. The number of carbonyl (C=O) groups is 1. The molecule has 0 aliphatic carbocycles.